The topological polar surface area (TPSA) is 111 Å². The second kappa shape index (κ2) is 8.62. The van der Waals surface area contributed by atoms with Gasteiger partial charge in [0, 0.05) is 13.1 Å². The van der Waals surface area contributed by atoms with Crippen LogP contribution in [-0.4, -0.2) is 27.5 Å². The van der Waals surface area contributed by atoms with Gasteiger partial charge in [-0.3, -0.25) is 0 Å². The lowest BCUT2D eigenvalue weighted by atomic mass is 10.2. The Balaban J connectivity index is 1.89. The molecular formula is C18H19FN4O3S. The number of hydrogen-bond donors (Lipinski definition) is 3. The monoisotopic (exact) mass is 390 g/mol. The van der Waals surface area contributed by atoms with Crippen molar-refractivity contribution in [3.05, 3.63) is 58.9 Å². The van der Waals surface area contributed by atoms with E-state index in [0.29, 0.717) is 5.56 Å². The predicted molar refractivity (Wildman–Crippen MR) is 99.2 cm³/mol. The van der Waals surface area contributed by atoms with Gasteiger partial charge in [0.2, 0.25) is 10.0 Å². The van der Waals surface area contributed by atoms with Gasteiger partial charge >= 0.3 is 6.03 Å². The number of sulfonamides is 1. The molecule has 3 N–H and O–H groups in total. The summed E-state index contributed by atoms with van der Waals surface area (Å²) in [4.78, 5) is 12.0. The molecule has 9 heteroatoms. The number of aryl methyl sites for hydroxylation is 2. The van der Waals surface area contributed by atoms with Crippen molar-refractivity contribution >= 4 is 21.7 Å². The van der Waals surface area contributed by atoms with Crippen molar-refractivity contribution in [2.24, 2.45) is 0 Å². The number of nitrogens with zero attached hydrogens (tertiary/aromatic N) is 1. The highest BCUT2D eigenvalue weighted by molar-refractivity contribution is 7.89. The zero-order valence-corrected chi connectivity index (χ0v) is 15.7. The molecule has 0 aliphatic carbocycles. The van der Waals surface area contributed by atoms with Gasteiger partial charge in [0.05, 0.1) is 16.1 Å². The van der Waals surface area contributed by atoms with Gasteiger partial charge in [-0.15, -0.1) is 0 Å². The number of carbonyl (C=O) groups excluding carboxylic acids is 1. The first-order valence-electron chi connectivity index (χ1n) is 8.04. The standard InChI is InChI=1S/C18H19FN4O3S/c1-12-3-4-13(2)17(9-12)27(25,26)22-8-7-21-18(24)23-16-6-5-15(19)10-14(16)11-20/h3-6,9-10,22H,7-8H2,1-2H3,(H2,21,23,24). The Hall–Kier alpha value is -2.96. The molecule has 0 aliphatic rings. The smallest absolute Gasteiger partial charge is 0.319 e. The lowest BCUT2D eigenvalue weighted by Crippen LogP contribution is -2.37. The minimum absolute atomic E-state index is 0.0132. The van der Waals surface area contributed by atoms with Crippen LogP contribution in [0.25, 0.3) is 0 Å². The summed E-state index contributed by atoms with van der Waals surface area (Å²) in [5, 5.41) is 13.8. The average molecular weight is 390 g/mol. The summed E-state index contributed by atoms with van der Waals surface area (Å²) in [5.41, 5.74) is 1.60. The second-order valence-corrected chi connectivity index (χ2v) is 7.58. The first kappa shape index (κ1) is 20.4. The van der Waals surface area contributed by atoms with E-state index in [1.807, 2.05) is 6.07 Å². The van der Waals surface area contributed by atoms with E-state index in [2.05, 4.69) is 15.4 Å². The van der Waals surface area contributed by atoms with Gasteiger partial charge in [-0.2, -0.15) is 5.26 Å². The molecule has 27 heavy (non-hydrogen) atoms. The van der Waals surface area contributed by atoms with Crippen molar-refractivity contribution in [3.63, 3.8) is 0 Å². The predicted octanol–water partition coefficient (Wildman–Crippen LogP) is 2.41. The van der Waals surface area contributed by atoms with Crippen LogP contribution in [0.2, 0.25) is 0 Å². The molecule has 0 saturated carbocycles. The van der Waals surface area contributed by atoms with Gasteiger partial charge in [-0.25, -0.2) is 22.3 Å². The third-order valence-corrected chi connectivity index (χ3v) is 5.29. The molecule has 0 radical (unpaired) electrons. The SMILES string of the molecule is Cc1ccc(C)c(S(=O)(=O)NCCNC(=O)Nc2ccc(F)cc2C#N)c1. The van der Waals surface area contributed by atoms with E-state index in [1.54, 1.807) is 32.0 Å². The maximum absolute atomic E-state index is 13.1. The van der Waals surface area contributed by atoms with Crippen LogP contribution in [0.4, 0.5) is 14.9 Å². The number of hydrogen-bond acceptors (Lipinski definition) is 4. The van der Waals surface area contributed by atoms with Gasteiger partial charge in [-0.1, -0.05) is 12.1 Å². The van der Waals surface area contributed by atoms with Crippen LogP contribution < -0.4 is 15.4 Å². The lowest BCUT2D eigenvalue weighted by molar-refractivity contribution is 0.252. The van der Waals surface area contributed by atoms with Crippen molar-refractivity contribution < 1.29 is 17.6 Å². The molecule has 7 nitrogen and oxygen atoms in total. The summed E-state index contributed by atoms with van der Waals surface area (Å²) < 4.78 is 40.2. The summed E-state index contributed by atoms with van der Waals surface area (Å²) in [6, 6.07) is 9.68. The van der Waals surface area contributed by atoms with Crippen LogP contribution in [0.3, 0.4) is 0 Å². The average Bonchev–Trinajstić information content (AvgIpc) is 2.62. The van der Waals surface area contributed by atoms with Gasteiger partial charge in [-0.05, 0) is 49.2 Å². The van der Waals surface area contributed by atoms with Crippen LogP contribution in [0.1, 0.15) is 16.7 Å². The first-order chi connectivity index (χ1) is 12.7. The zero-order valence-electron chi connectivity index (χ0n) is 14.8. The number of urea groups is 1. The Morgan fingerprint density at radius 3 is 2.59 bits per heavy atom. The number of anilines is 1. The van der Waals surface area contributed by atoms with Crippen LogP contribution in [0.5, 0.6) is 0 Å². The summed E-state index contributed by atoms with van der Waals surface area (Å²) >= 11 is 0. The minimum atomic E-state index is -3.69. The minimum Gasteiger partial charge on any atom is -0.337 e. The second-order valence-electron chi connectivity index (χ2n) is 5.85. The maximum atomic E-state index is 13.1. The molecule has 0 atom stereocenters. The fourth-order valence-corrected chi connectivity index (χ4v) is 3.68. The Morgan fingerprint density at radius 1 is 1.15 bits per heavy atom. The number of nitriles is 1. The van der Waals surface area contributed by atoms with Crippen molar-refractivity contribution in [1.82, 2.24) is 10.0 Å². The number of nitrogens with one attached hydrogen (secondary N) is 3. The first-order valence-corrected chi connectivity index (χ1v) is 9.52. The van der Waals surface area contributed by atoms with E-state index in [1.165, 1.54) is 6.07 Å². The maximum Gasteiger partial charge on any atom is 0.319 e. The van der Waals surface area contributed by atoms with E-state index >= 15 is 0 Å². The molecule has 0 aliphatic heterocycles. The quantitative estimate of drug-likeness (QED) is 0.658. The lowest BCUT2D eigenvalue weighted by Gasteiger charge is -2.11. The van der Waals surface area contributed by atoms with Crippen LogP contribution in [0, 0.1) is 31.0 Å². The molecule has 0 bridgehead atoms. The molecule has 0 fully saturated rings. The van der Waals surface area contributed by atoms with Crippen LogP contribution in [-0.2, 0) is 10.0 Å². The number of rotatable bonds is 6. The summed E-state index contributed by atoms with van der Waals surface area (Å²) in [5.74, 6) is -0.585. The highest BCUT2D eigenvalue weighted by Crippen LogP contribution is 2.17. The van der Waals surface area contributed by atoms with E-state index in [4.69, 9.17) is 5.26 Å². The van der Waals surface area contributed by atoms with Crippen LogP contribution >= 0.6 is 0 Å². The normalized spacial score (nSPS) is 10.9. The molecule has 0 spiro atoms. The molecule has 0 saturated heterocycles. The Bertz CT molecular complexity index is 1000. The van der Waals surface area contributed by atoms with Gasteiger partial charge < -0.3 is 10.6 Å². The summed E-state index contributed by atoms with van der Waals surface area (Å²) in [6.07, 6.45) is 0. The largest absolute Gasteiger partial charge is 0.337 e. The van der Waals surface area contributed by atoms with Gasteiger partial charge in [0.1, 0.15) is 11.9 Å². The Morgan fingerprint density at radius 2 is 1.89 bits per heavy atom. The zero-order chi connectivity index (χ0) is 20.0. The van der Waals surface area contributed by atoms with Crippen molar-refractivity contribution in [1.29, 1.82) is 5.26 Å². The molecule has 2 aromatic rings. The van der Waals surface area contributed by atoms with Crippen molar-refractivity contribution in [2.75, 3.05) is 18.4 Å². The number of benzene rings is 2. The number of amides is 2. The van der Waals surface area contributed by atoms with Gasteiger partial charge in [0.15, 0.2) is 0 Å². The number of carbonyl (C=O) groups is 1. The molecule has 0 unspecified atom stereocenters. The fraction of sp³-hybridized carbons (Fsp3) is 0.222. The molecule has 2 rings (SSSR count). The third kappa shape index (κ3) is 5.51. The molecule has 0 heterocycles. The highest BCUT2D eigenvalue weighted by Gasteiger charge is 2.16. The van der Waals surface area contributed by atoms with Crippen LogP contribution in [0.15, 0.2) is 41.3 Å². The molecule has 142 valence electrons. The van der Waals surface area contributed by atoms with E-state index in [9.17, 15) is 17.6 Å². The number of halogens is 1. The van der Waals surface area contributed by atoms with E-state index < -0.39 is 21.9 Å². The fourth-order valence-electron chi connectivity index (χ4n) is 2.32. The van der Waals surface area contributed by atoms with E-state index in [0.717, 1.165) is 17.7 Å². The Labute approximate surface area is 157 Å². The molecule has 0 aromatic heterocycles. The van der Waals surface area contributed by atoms with Crippen molar-refractivity contribution in [3.8, 4) is 6.07 Å². The molecule has 2 aromatic carbocycles. The molecular weight excluding hydrogens is 371 g/mol. The Kier molecular flexibility index (Phi) is 6.50. The van der Waals surface area contributed by atoms with E-state index in [-0.39, 0.29) is 29.2 Å². The highest BCUT2D eigenvalue weighted by atomic mass is 32.2. The molecule has 2 amide bonds. The summed E-state index contributed by atoms with van der Waals surface area (Å²) in [6.45, 7) is 3.52. The third-order valence-electron chi connectivity index (χ3n) is 3.69. The summed E-state index contributed by atoms with van der Waals surface area (Å²) in [7, 11) is -3.69. The van der Waals surface area contributed by atoms with Crippen molar-refractivity contribution in [2.45, 2.75) is 18.7 Å². The van der Waals surface area contributed by atoms with Gasteiger partial charge in [0.25, 0.3) is 0 Å².